The number of nitrogens with one attached hydrogen (secondary N) is 2. The van der Waals surface area contributed by atoms with Crippen molar-refractivity contribution in [3.8, 4) is 0 Å². The second kappa shape index (κ2) is 6.77. The molecular formula is C15H26N2. The van der Waals surface area contributed by atoms with E-state index in [1.54, 1.807) is 0 Å². The number of hydrogen-bond acceptors (Lipinski definition) is 2. The average Bonchev–Trinajstić information content (AvgIpc) is 2.35. The number of hydrogen-bond donors (Lipinski definition) is 2. The maximum Gasteiger partial charge on any atom is 0.0252 e. The zero-order valence-corrected chi connectivity index (χ0v) is 11.6. The highest BCUT2D eigenvalue weighted by molar-refractivity contribution is 5.14. The van der Waals surface area contributed by atoms with Gasteiger partial charge in [-0.05, 0) is 32.8 Å². The maximum atomic E-state index is 3.59. The van der Waals surface area contributed by atoms with Crippen LogP contribution in [0.5, 0.6) is 0 Å². The van der Waals surface area contributed by atoms with Gasteiger partial charge in [-0.25, -0.2) is 0 Å². The summed E-state index contributed by atoms with van der Waals surface area (Å²) in [6.45, 7) is 10.8. The normalized spacial score (nSPS) is 13.6. The van der Waals surface area contributed by atoms with E-state index in [0.29, 0.717) is 6.04 Å². The topological polar surface area (TPSA) is 24.1 Å². The summed E-state index contributed by atoms with van der Waals surface area (Å²) < 4.78 is 0. The van der Waals surface area contributed by atoms with Crippen LogP contribution in [0.25, 0.3) is 0 Å². The second-order valence-electron chi connectivity index (χ2n) is 5.41. The van der Waals surface area contributed by atoms with Gasteiger partial charge in [0.25, 0.3) is 0 Å². The Hall–Kier alpha value is -0.860. The van der Waals surface area contributed by atoms with Crippen LogP contribution in [0, 0.1) is 0 Å². The molecule has 0 bridgehead atoms. The zero-order valence-electron chi connectivity index (χ0n) is 11.6. The van der Waals surface area contributed by atoms with E-state index in [2.05, 4.69) is 68.7 Å². The zero-order chi connectivity index (χ0) is 12.7. The molecule has 0 aliphatic carbocycles. The Kier molecular flexibility index (Phi) is 5.66. The van der Waals surface area contributed by atoms with Gasteiger partial charge in [0.2, 0.25) is 0 Å². The molecule has 1 aromatic rings. The van der Waals surface area contributed by atoms with Gasteiger partial charge in [-0.15, -0.1) is 0 Å². The van der Waals surface area contributed by atoms with E-state index >= 15 is 0 Å². The number of benzene rings is 1. The van der Waals surface area contributed by atoms with Gasteiger partial charge >= 0.3 is 0 Å². The lowest BCUT2D eigenvalue weighted by atomic mass is 10.0. The van der Waals surface area contributed by atoms with Crippen molar-refractivity contribution in [2.45, 2.75) is 52.2 Å². The maximum absolute atomic E-state index is 3.59. The Morgan fingerprint density at radius 3 is 2.41 bits per heavy atom. The van der Waals surface area contributed by atoms with Crippen LogP contribution < -0.4 is 10.6 Å². The summed E-state index contributed by atoms with van der Waals surface area (Å²) >= 11 is 0. The first-order chi connectivity index (χ1) is 8.03. The molecule has 1 rings (SSSR count). The van der Waals surface area contributed by atoms with Gasteiger partial charge in [0.1, 0.15) is 0 Å². The predicted octanol–water partition coefficient (Wildman–Crippen LogP) is 2.94. The highest BCUT2D eigenvalue weighted by Gasteiger charge is 2.17. The molecule has 2 nitrogen and oxygen atoms in total. The van der Waals surface area contributed by atoms with Crippen molar-refractivity contribution in [2.24, 2.45) is 0 Å². The van der Waals surface area contributed by atoms with Gasteiger partial charge in [-0.3, -0.25) is 0 Å². The summed E-state index contributed by atoms with van der Waals surface area (Å²) in [6, 6.07) is 11.1. The van der Waals surface area contributed by atoms with Crippen LogP contribution >= 0.6 is 0 Å². The minimum Gasteiger partial charge on any atom is -0.312 e. The molecule has 2 heteroatoms. The van der Waals surface area contributed by atoms with Gasteiger partial charge < -0.3 is 10.6 Å². The molecule has 0 saturated heterocycles. The van der Waals surface area contributed by atoms with Crippen molar-refractivity contribution >= 4 is 0 Å². The summed E-state index contributed by atoms with van der Waals surface area (Å²) in [5.41, 5.74) is 1.46. The lowest BCUT2D eigenvalue weighted by molar-refractivity contribution is 0.344. The van der Waals surface area contributed by atoms with Gasteiger partial charge in [-0.2, -0.15) is 0 Å². The molecule has 0 radical (unpaired) electrons. The fraction of sp³-hybridized carbons (Fsp3) is 0.600. The van der Waals surface area contributed by atoms with Crippen molar-refractivity contribution in [3.05, 3.63) is 35.9 Å². The van der Waals surface area contributed by atoms with Crippen molar-refractivity contribution in [1.29, 1.82) is 0 Å². The van der Waals surface area contributed by atoms with E-state index in [0.717, 1.165) is 13.1 Å². The third-order valence-corrected chi connectivity index (χ3v) is 3.12. The van der Waals surface area contributed by atoms with Crippen molar-refractivity contribution in [3.63, 3.8) is 0 Å². The average molecular weight is 234 g/mol. The smallest absolute Gasteiger partial charge is 0.0252 e. The van der Waals surface area contributed by atoms with Crippen LogP contribution in [0.15, 0.2) is 30.3 Å². The standard InChI is InChI=1S/C15H26N2/c1-5-13(2)16-12-15(3,4)17-11-14-9-7-6-8-10-14/h6-10,13,16-17H,5,11-12H2,1-4H3. The van der Waals surface area contributed by atoms with Crippen LogP contribution in [0.2, 0.25) is 0 Å². The fourth-order valence-corrected chi connectivity index (χ4v) is 1.57. The molecule has 0 aliphatic heterocycles. The van der Waals surface area contributed by atoms with Crippen LogP contribution in [-0.2, 0) is 6.54 Å². The molecule has 1 unspecified atom stereocenters. The van der Waals surface area contributed by atoms with Crippen LogP contribution in [0.4, 0.5) is 0 Å². The minimum absolute atomic E-state index is 0.124. The summed E-state index contributed by atoms with van der Waals surface area (Å²) in [7, 11) is 0. The van der Waals surface area contributed by atoms with Gasteiger partial charge in [0.15, 0.2) is 0 Å². The molecule has 0 aromatic heterocycles. The lowest BCUT2D eigenvalue weighted by Crippen LogP contribution is -2.49. The Labute approximate surface area is 106 Å². The minimum atomic E-state index is 0.124. The highest BCUT2D eigenvalue weighted by Crippen LogP contribution is 2.05. The second-order valence-corrected chi connectivity index (χ2v) is 5.41. The van der Waals surface area contributed by atoms with E-state index in [1.165, 1.54) is 12.0 Å². The Morgan fingerprint density at radius 1 is 1.18 bits per heavy atom. The van der Waals surface area contributed by atoms with E-state index < -0.39 is 0 Å². The van der Waals surface area contributed by atoms with Gasteiger partial charge in [0.05, 0.1) is 0 Å². The summed E-state index contributed by atoms with van der Waals surface area (Å²) in [4.78, 5) is 0. The Morgan fingerprint density at radius 2 is 1.82 bits per heavy atom. The van der Waals surface area contributed by atoms with Crippen LogP contribution in [0.3, 0.4) is 0 Å². The summed E-state index contributed by atoms with van der Waals surface area (Å²) in [5.74, 6) is 0. The Balaban J connectivity index is 2.34. The summed E-state index contributed by atoms with van der Waals surface area (Å²) in [5, 5.41) is 7.14. The van der Waals surface area contributed by atoms with E-state index in [-0.39, 0.29) is 5.54 Å². The Bertz CT molecular complexity index is 306. The molecule has 0 saturated carbocycles. The molecule has 0 heterocycles. The van der Waals surface area contributed by atoms with Crippen molar-refractivity contribution in [2.75, 3.05) is 6.54 Å². The summed E-state index contributed by atoms with van der Waals surface area (Å²) in [6.07, 6.45) is 1.18. The van der Waals surface area contributed by atoms with E-state index in [1.807, 2.05) is 0 Å². The van der Waals surface area contributed by atoms with E-state index in [9.17, 15) is 0 Å². The monoisotopic (exact) mass is 234 g/mol. The number of rotatable bonds is 7. The van der Waals surface area contributed by atoms with Crippen molar-refractivity contribution in [1.82, 2.24) is 10.6 Å². The fourth-order valence-electron chi connectivity index (χ4n) is 1.57. The first kappa shape index (κ1) is 14.2. The van der Waals surface area contributed by atoms with Crippen molar-refractivity contribution < 1.29 is 0 Å². The van der Waals surface area contributed by atoms with Gasteiger partial charge in [-0.1, -0.05) is 37.3 Å². The first-order valence-corrected chi connectivity index (χ1v) is 6.56. The van der Waals surface area contributed by atoms with E-state index in [4.69, 9.17) is 0 Å². The molecule has 2 N–H and O–H groups in total. The quantitative estimate of drug-likeness (QED) is 0.758. The molecule has 0 amide bonds. The molecule has 0 aliphatic rings. The molecule has 1 atom stereocenters. The van der Waals surface area contributed by atoms with Crippen LogP contribution in [-0.4, -0.2) is 18.1 Å². The van der Waals surface area contributed by atoms with Crippen LogP contribution in [0.1, 0.15) is 39.7 Å². The largest absolute Gasteiger partial charge is 0.312 e. The predicted molar refractivity (Wildman–Crippen MR) is 75.1 cm³/mol. The third kappa shape index (κ3) is 5.85. The molecule has 96 valence electrons. The molecule has 1 aromatic carbocycles. The molecule has 0 spiro atoms. The highest BCUT2D eigenvalue weighted by atomic mass is 15.0. The lowest BCUT2D eigenvalue weighted by Gasteiger charge is -2.28. The first-order valence-electron chi connectivity index (χ1n) is 6.56. The van der Waals surface area contributed by atoms with Gasteiger partial charge in [0, 0.05) is 24.7 Å². The SMILES string of the molecule is CCC(C)NCC(C)(C)NCc1ccccc1. The molecule has 17 heavy (non-hydrogen) atoms. The molecule has 0 fully saturated rings. The molecular weight excluding hydrogens is 208 g/mol. The third-order valence-electron chi connectivity index (χ3n) is 3.12.